The van der Waals surface area contributed by atoms with Gasteiger partial charge in [0.25, 0.3) is 0 Å². The Morgan fingerprint density at radius 1 is 1.30 bits per heavy atom. The van der Waals surface area contributed by atoms with Crippen LogP contribution in [0.5, 0.6) is 0 Å². The Balaban J connectivity index is 1.95. The third-order valence-corrected chi connectivity index (χ3v) is 3.86. The molecule has 0 aliphatic carbocycles. The van der Waals surface area contributed by atoms with E-state index in [1.54, 1.807) is 4.90 Å². The quantitative estimate of drug-likeness (QED) is 0.776. The number of ether oxygens (including phenoxy) is 2. The molecular formula is C13H22N2O5. The number of carboxylic acid groups (broad SMARTS) is 1. The van der Waals surface area contributed by atoms with Crippen molar-refractivity contribution in [3.8, 4) is 0 Å². The van der Waals surface area contributed by atoms with Crippen LogP contribution >= 0.6 is 0 Å². The summed E-state index contributed by atoms with van der Waals surface area (Å²) >= 11 is 0. The Hall–Kier alpha value is -1.34. The predicted molar refractivity (Wildman–Crippen MR) is 70.5 cm³/mol. The molecule has 3 unspecified atom stereocenters. The van der Waals surface area contributed by atoms with Gasteiger partial charge in [-0.3, -0.25) is 4.79 Å². The van der Waals surface area contributed by atoms with Gasteiger partial charge in [-0.1, -0.05) is 0 Å². The minimum Gasteiger partial charge on any atom is -0.481 e. The Morgan fingerprint density at radius 2 is 2.10 bits per heavy atom. The van der Waals surface area contributed by atoms with Crippen molar-refractivity contribution in [1.29, 1.82) is 0 Å². The zero-order chi connectivity index (χ0) is 14.5. The lowest BCUT2D eigenvalue weighted by Crippen LogP contribution is -2.53. The van der Waals surface area contributed by atoms with Crippen LogP contribution in [-0.2, 0) is 14.3 Å². The van der Waals surface area contributed by atoms with E-state index in [9.17, 15) is 14.7 Å². The van der Waals surface area contributed by atoms with Gasteiger partial charge in [-0.25, -0.2) is 4.79 Å². The summed E-state index contributed by atoms with van der Waals surface area (Å²) in [7, 11) is 0. The molecule has 2 heterocycles. The molecule has 114 valence electrons. The lowest BCUT2D eigenvalue weighted by Gasteiger charge is -2.32. The van der Waals surface area contributed by atoms with Gasteiger partial charge in [-0.05, 0) is 19.8 Å². The van der Waals surface area contributed by atoms with Crippen molar-refractivity contribution in [2.75, 3.05) is 33.0 Å². The zero-order valence-corrected chi connectivity index (χ0v) is 11.7. The molecule has 0 radical (unpaired) electrons. The molecule has 20 heavy (non-hydrogen) atoms. The van der Waals surface area contributed by atoms with Crippen LogP contribution in [0, 0.1) is 5.92 Å². The molecule has 2 N–H and O–H groups in total. The van der Waals surface area contributed by atoms with Crippen molar-refractivity contribution < 1.29 is 24.2 Å². The molecule has 0 aromatic heterocycles. The molecule has 2 amide bonds. The second-order valence-corrected chi connectivity index (χ2v) is 5.20. The van der Waals surface area contributed by atoms with Crippen LogP contribution in [0.3, 0.4) is 0 Å². The highest BCUT2D eigenvalue weighted by atomic mass is 16.5. The van der Waals surface area contributed by atoms with Crippen LogP contribution in [0.1, 0.15) is 19.8 Å². The Kier molecular flexibility index (Phi) is 5.19. The molecule has 2 aliphatic rings. The first-order valence-electron chi connectivity index (χ1n) is 7.09. The van der Waals surface area contributed by atoms with Crippen LogP contribution in [0.25, 0.3) is 0 Å². The SMILES string of the molecule is CCN(C(=O)NC1CCCOC1)C1COCC1C(=O)O. The van der Waals surface area contributed by atoms with E-state index in [1.807, 2.05) is 6.92 Å². The van der Waals surface area contributed by atoms with Crippen molar-refractivity contribution >= 4 is 12.0 Å². The number of nitrogens with one attached hydrogen (secondary N) is 1. The maximum Gasteiger partial charge on any atom is 0.318 e. The summed E-state index contributed by atoms with van der Waals surface area (Å²) in [5.41, 5.74) is 0. The fourth-order valence-electron chi connectivity index (χ4n) is 2.73. The van der Waals surface area contributed by atoms with Gasteiger partial charge in [0.1, 0.15) is 5.92 Å². The zero-order valence-electron chi connectivity index (χ0n) is 11.7. The number of hydrogen-bond acceptors (Lipinski definition) is 4. The predicted octanol–water partition coefficient (Wildman–Crippen LogP) is 0.297. The van der Waals surface area contributed by atoms with Crippen LogP contribution < -0.4 is 5.32 Å². The highest BCUT2D eigenvalue weighted by molar-refractivity contribution is 5.77. The van der Waals surface area contributed by atoms with Gasteiger partial charge in [0, 0.05) is 13.2 Å². The first-order valence-corrected chi connectivity index (χ1v) is 7.09. The normalized spacial score (nSPS) is 29.9. The molecule has 7 nitrogen and oxygen atoms in total. The molecule has 2 rings (SSSR count). The Bertz CT molecular complexity index is 357. The van der Waals surface area contributed by atoms with E-state index >= 15 is 0 Å². The van der Waals surface area contributed by atoms with E-state index in [2.05, 4.69) is 5.32 Å². The highest BCUT2D eigenvalue weighted by Gasteiger charge is 2.39. The van der Waals surface area contributed by atoms with Gasteiger partial charge in [-0.2, -0.15) is 0 Å². The molecule has 3 atom stereocenters. The van der Waals surface area contributed by atoms with Gasteiger partial charge in [-0.15, -0.1) is 0 Å². The number of carboxylic acids is 1. The molecule has 2 saturated heterocycles. The van der Waals surface area contributed by atoms with E-state index in [0.29, 0.717) is 13.2 Å². The summed E-state index contributed by atoms with van der Waals surface area (Å²) in [6.07, 6.45) is 1.83. The van der Waals surface area contributed by atoms with Crippen molar-refractivity contribution in [2.45, 2.75) is 31.8 Å². The first kappa shape index (κ1) is 15.1. The number of carbonyl (C=O) groups excluding carboxylic acids is 1. The fourth-order valence-corrected chi connectivity index (χ4v) is 2.73. The van der Waals surface area contributed by atoms with Crippen LogP contribution in [0.15, 0.2) is 0 Å². The summed E-state index contributed by atoms with van der Waals surface area (Å²) in [4.78, 5) is 25.1. The molecule has 0 bridgehead atoms. The fraction of sp³-hybridized carbons (Fsp3) is 0.846. The number of carbonyl (C=O) groups is 2. The van der Waals surface area contributed by atoms with Gasteiger partial charge in [0.05, 0.1) is 31.9 Å². The molecule has 2 aliphatic heterocycles. The minimum absolute atomic E-state index is 0.0101. The maximum atomic E-state index is 12.3. The third-order valence-electron chi connectivity index (χ3n) is 3.86. The second kappa shape index (κ2) is 6.90. The molecule has 0 spiro atoms. The van der Waals surface area contributed by atoms with Crippen molar-refractivity contribution in [3.05, 3.63) is 0 Å². The molecular weight excluding hydrogens is 264 g/mol. The van der Waals surface area contributed by atoms with E-state index < -0.39 is 17.9 Å². The third kappa shape index (κ3) is 3.40. The maximum absolute atomic E-state index is 12.3. The minimum atomic E-state index is -0.917. The van der Waals surface area contributed by atoms with Crippen molar-refractivity contribution in [3.63, 3.8) is 0 Å². The van der Waals surface area contributed by atoms with Gasteiger partial charge < -0.3 is 24.8 Å². The number of nitrogens with zero attached hydrogens (tertiary/aromatic N) is 1. The summed E-state index contributed by atoms with van der Waals surface area (Å²) in [6, 6.07) is -0.623. The monoisotopic (exact) mass is 286 g/mol. The number of rotatable bonds is 4. The largest absolute Gasteiger partial charge is 0.481 e. The van der Waals surface area contributed by atoms with Crippen molar-refractivity contribution in [1.82, 2.24) is 10.2 Å². The first-order chi connectivity index (χ1) is 9.63. The Morgan fingerprint density at radius 3 is 2.70 bits per heavy atom. The molecule has 0 aromatic rings. The van der Waals surface area contributed by atoms with E-state index in [1.165, 1.54) is 0 Å². The second-order valence-electron chi connectivity index (χ2n) is 5.20. The van der Waals surface area contributed by atoms with Crippen LogP contribution in [0.2, 0.25) is 0 Å². The number of hydrogen-bond donors (Lipinski definition) is 2. The highest BCUT2D eigenvalue weighted by Crippen LogP contribution is 2.20. The van der Waals surface area contributed by atoms with E-state index in [-0.39, 0.29) is 25.3 Å². The summed E-state index contributed by atoms with van der Waals surface area (Å²) in [5.74, 6) is -1.57. The molecule has 0 aromatic carbocycles. The number of aliphatic carboxylic acids is 1. The van der Waals surface area contributed by atoms with E-state index in [4.69, 9.17) is 9.47 Å². The summed E-state index contributed by atoms with van der Waals surface area (Å²) in [6.45, 7) is 4.00. The number of urea groups is 1. The average molecular weight is 286 g/mol. The lowest BCUT2D eigenvalue weighted by molar-refractivity contribution is -0.142. The van der Waals surface area contributed by atoms with Gasteiger partial charge >= 0.3 is 12.0 Å². The topological polar surface area (TPSA) is 88.1 Å². The smallest absolute Gasteiger partial charge is 0.318 e. The lowest BCUT2D eigenvalue weighted by atomic mass is 10.0. The standard InChI is InChI=1S/C13H22N2O5/c1-2-15(11-8-20-7-10(11)12(16)17)13(18)14-9-4-3-5-19-6-9/h9-11H,2-8H2,1H3,(H,14,18)(H,16,17). The average Bonchev–Trinajstić information content (AvgIpc) is 2.90. The van der Waals surface area contributed by atoms with Crippen LogP contribution in [0.4, 0.5) is 4.79 Å². The molecule has 0 saturated carbocycles. The number of likely N-dealkylation sites (N-methyl/N-ethyl adjacent to an activating group) is 1. The Labute approximate surface area is 118 Å². The van der Waals surface area contributed by atoms with Crippen molar-refractivity contribution in [2.24, 2.45) is 5.92 Å². The van der Waals surface area contributed by atoms with Crippen LogP contribution in [-0.4, -0.2) is 67.1 Å². The van der Waals surface area contributed by atoms with Gasteiger partial charge in [0.2, 0.25) is 0 Å². The molecule has 7 heteroatoms. The summed E-state index contributed by atoms with van der Waals surface area (Å²) < 4.78 is 10.6. The summed E-state index contributed by atoms with van der Waals surface area (Å²) in [5, 5.41) is 12.1. The molecule has 2 fully saturated rings. The van der Waals surface area contributed by atoms with E-state index in [0.717, 1.165) is 19.4 Å². The number of amides is 2. The van der Waals surface area contributed by atoms with Gasteiger partial charge in [0.15, 0.2) is 0 Å².